The molecule has 0 bridgehead atoms. The van der Waals surface area contributed by atoms with Crippen LogP contribution in [0.25, 0.3) is 0 Å². The molecule has 0 spiro atoms. The van der Waals surface area contributed by atoms with Gasteiger partial charge in [0.2, 0.25) is 0 Å². The van der Waals surface area contributed by atoms with Crippen LogP contribution in [0.3, 0.4) is 0 Å². The molecule has 1 aromatic rings. The lowest BCUT2D eigenvalue weighted by atomic mass is 10.3. The highest BCUT2D eigenvalue weighted by Crippen LogP contribution is 2.22. The van der Waals surface area contributed by atoms with E-state index in [2.05, 4.69) is 0 Å². The molecule has 1 saturated heterocycles. The Morgan fingerprint density at radius 2 is 2.12 bits per heavy atom. The molecule has 92 valence electrons. The molecule has 17 heavy (non-hydrogen) atoms. The third kappa shape index (κ3) is 2.88. The van der Waals surface area contributed by atoms with E-state index >= 15 is 0 Å². The van der Waals surface area contributed by atoms with E-state index in [1.54, 1.807) is 17.0 Å². The second-order valence-corrected chi connectivity index (χ2v) is 3.69. The van der Waals surface area contributed by atoms with Crippen LogP contribution in [0, 0.1) is 0 Å². The molecule has 5 nitrogen and oxygen atoms in total. The number of nitrogens with zero attached hydrogens (tertiary/aromatic N) is 1. The van der Waals surface area contributed by atoms with Crippen LogP contribution >= 0.6 is 0 Å². The monoisotopic (exact) mass is 237 g/mol. The summed E-state index contributed by atoms with van der Waals surface area (Å²) in [4.78, 5) is 12.9. The highest BCUT2D eigenvalue weighted by atomic mass is 16.6. The number of aliphatic hydroxyl groups excluding tert-OH is 1. The first-order valence-electron chi connectivity index (χ1n) is 5.59. The number of hydrogen-bond acceptors (Lipinski definition) is 4. The average molecular weight is 237 g/mol. The molecule has 2 rings (SSSR count). The number of anilines is 1. The van der Waals surface area contributed by atoms with Gasteiger partial charge in [-0.05, 0) is 24.3 Å². The number of carbonyl (C=O) groups excluding carboxylic acids is 1. The highest BCUT2D eigenvalue weighted by Gasteiger charge is 2.23. The van der Waals surface area contributed by atoms with Crippen LogP contribution in [0.5, 0.6) is 5.75 Å². The van der Waals surface area contributed by atoms with Gasteiger partial charge in [-0.25, -0.2) is 4.79 Å². The van der Waals surface area contributed by atoms with Crippen molar-refractivity contribution in [1.29, 1.82) is 0 Å². The minimum absolute atomic E-state index is 0.123. The van der Waals surface area contributed by atoms with Crippen molar-refractivity contribution in [1.82, 2.24) is 0 Å². The van der Waals surface area contributed by atoms with Gasteiger partial charge in [-0.3, -0.25) is 4.90 Å². The SMILES string of the molecule is O=C1OCCN1c1ccc(OCCCO)cc1. The Morgan fingerprint density at radius 1 is 1.35 bits per heavy atom. The van der Waals surface area contributed by atoms with Crippen molar-refractivity contribution < 1.29 is 19.4 Å². The first-order chi connectivity index (χ1) is 8.31. The van der Waals surface area contributed by atoms with Crippen molar-refractivity contribution in [3.05, 3.63) is 24.3 Å². The molecular formula is C12H15NO4. The molecule has 1 aliphatic heterocycles. The zero-order valence-electron chi connectivity index (χ0n) is 9.46. The lowest BCUT2D eigenvalue weighted by Crippen LogP contribution is -2.23. The Morgan fingerprint density at radius 3 is 2.71 bits per heavy atom. The maximum atomic E-state index is 11.3. The minimum Gasteiger partial charge on any atom is -0.494 e. The molecular weight excluding hydrogens is 222 g/mol. The number of hydrogen-bond donors (Lipinski definition) is 1. The summed E-state index contributed by atoms with van der Waals surface area (Å²) in [5, 5.41) is 8.62. The Labute approximate surface area is 99.6 Å². The summed E-state index contributed by atoms with van der Waals surface area (Å²) >= 11 is 0. The standard InChI is InChI=1S/C12H15NO4/c14-7-1-8-16-11-4-2-10(3-5-11)13-6-9-17-12(13)15/h2-5,14H,1,6-9H2. The Bertz CT molecular complexity index is 377. The van der Waals surface area contributed by atoms with E-state index in [4.69, 9.17) is 14.6 Å². The zero-order chi connectivity index (χ0) is 12.1. The molecule has 5 heteroatoms. The van der Waals surface area contributed by atoms with E-state index in [0.717, 1.165) is 11.4 Å². The summed E-state index contributed by atoms with van der Waals surface area (Å²) in [5.41, 5.74) is 0.807. The fourth-order valence-corrected chi connectivity index (χ4v) is 1.60. The van der Waals surface area contributed by atoms with Crippen LogP contribution in [0.4, 0.5) is 10.5 Å². The first-order valence-corrected chi connectivity index (χ1v) is 5.59. The van der Waals surface area contributed by atoms with Crippen molar-refractivity contribution in [2.45, 2.75) is 6.42 Å². The second kappa shape index (κ2) is 5.54. The topological polar surface area (TPSA) is 59.0 Å². The highest BCUT2D eigenvalue weighted by molar-refractivity contribution is 5.89. The molecule has 0 atom stereocenters. The first kappa shape index (κ1) is 11.7. The van der Waals surface area contributed by atoms with Gasteiger partial charge in [0.15, 0.2) is 0 Å². The van der Waals surface area contributed by atoms with Crippen molar-refractivity contribution in [3.8, 4) is 5.75 Å². The van der Waals surface area contributed by atoms with E-state index < -0.39 is 0 Å². The van der Waals surface area contributed by atoms with Crippen molar-refractivity contribution >= 4 is 11.8 Å². The predicted octanol–water partition coefficient (Wildman–Crippen LogP) is 1.40. The quantitative estimate of drug-likeness (QED) is 0.786. The molecule has 0 unspecified atom stereocenters. The van der Waals surface area contributed by atoms with E-state index in [9.17, 15) is 4.79 Å². The lowest BCUT2D eigenvalue weighted by molar-refractivity contribution is 0.181. The summed E-state index contributed by atoms with van der Waals surface area (Å²) in [6.45, 7) is 1.64. The largest absolute Gasteiger partial charge is 0.494 e. The van der Waals surface area contributed by atoms with Crippen LogP contribution in [-0.2, 0) is 4.74 Å². The molecule has 1 N–H and O–H groups in total. The fraction of sp³-hybridized carbons (Fsp3) is 0.417. The van der Waals surface area contributed by atoms with Gasteiger partial charge in [-0.1, -0.05) is 0 Å². The number of aliphatic hydroxyl groups is 1. The van der Waals surface area contributed by atoms with Gasteiger partial charge in [0.05, 0.1) is 13.2 Å². The van der Waals surface area contributed by atoms with Gasteiger partial charge in [-0.2, -0.15) is 0 Å². The molecule has 1 aromatic carbocycles. The number of rotatable bonds is 5. The smallest absolute Gasteiger partial charge is 0.414 e. The van der Waals surface area contributed by atoms with Gasteiger partial charge in [0, 0.05) is 18.7 Å². The third-order valence-corrected chi connectivity index (χ3v) is 2.48. The second-order valence-electron chi connectivity index (χ2n) is 3.69. The number of benzene rings is 1. The fourth-order valence-electron chi connectivity index (χ4n) is 1.60. The van der Waals surface area contributed by atoms with Crippen LogP contribution < -0.4 is 9.64 Å². The molecule has 1 fully saturated rings. The summed E-state index contributed by atoms with van der Waals surface area (Å²) in [7, 11) is 0. The molecule has 1 amide bonds. The van der Waals surface area contributed by atoms with Crippen molar-refractivity contribution in [2.24, 2.45) is 0 Å². The lowest BCUT2D eigenvalue weighted by Gasteiger charge is -2.13. The number of amides is 1. The maximum absolute atomic E-state index is 11.3. The Hall–Kier alpha value is -1.75. The summed E-state index contributed by atoms with van der Waals surface area (Å²) in [6, 6.07) is 7.25. The zero-order valence-corrected chi connectivity index (χ0v) is 9.46. The van der Waals surface area contributed by atoms with Gasteiger partial charge < -0.3 is 14.6 Å². The van der Waals surface area contributed by atoms with E-state index in [-0.39, 0.29) is 12.7 Å². The van der Waals surface area contributed by atoms with E-state index in [1.165, 1.54) is 0 Å². The van der Waals surface area contributed by atoms with Crippen molar-refractivity contribution in [3.63, 3.8) is 0 Å². The molecule has 0 radical (unpaired) electrons. The number of cyclic esters (lactones) is 1. The number of carbonyl (C=O) groups is 1. The van der Waals surface area contributed by atoms with Gasteiger partial charge >= 0.3 is 6.09 Å². The minimum atomic E-state index is -0.307. The Kier molecular flexibility index (Phi) is 3.82. The summed E-state index contributed by atoms with van der Waals surface area (Å²) in [6.07, 6.45) is 0.305. The molecule has 0 aliphatic carbocycles. The van der Waals surface area contributed by atoms with Crippen LogP contribution in [0.2, 0.25) is 0 Å². The third-order valence-electron chi connectivity index (χ3n) is 2.48. The molecule has 1 heterocycles. The van der Waals surface area contributed by atoms with Gasteiger partial charge in [-0.15, -0.1) is 0 Å². The van der Waals surface area contributed by atoms with Gasteiger partial charge in [0.25, 0.3) is 0 Å². The maximum Gasteiger partial charge on any atom is 0.414 e. The van der Waals surface area contributed by atoms with Crippen LogP contribution in [0.15, 0.2) is 24.3 Å². The predicted molar refractivity (Wildman–Crippen MR) is 62.3 cm³/mol. The normalized spacial score (nSPS) is 14.9. The van der Waals surface area contributed by atoms with E-state index in [0.29, 0.717) is 26.2 Å². The van der Waals surface area contributed by atoms with Crippen molar-refractivity contribution in [2.75, 3.05) is 31.3 Å². The Balaban J connectivity index is 1.95. The number of ether oxygens (including phenoxy) is 2. The summed E-state index contributed by atoms with van der Waals surface area (Å²) in [5.74, 6) is 0.731. The van der Waals surface area contributed by atoms with E-state index in [1.807, 2.05) is 12.1 Å². The molecule has 0 aromatic heterocycles. The van der Waals surface area contributed by atoms with Gasteiger partial charge in [0.1, 0.15) is 12.4 Å². The molecule has 0 saturated carbocycles. The van der Waals surface area contributed by atoms with Crippen LogP contribution in [-0.4, -0.2) is 37.6 Å². The average Bonchev–Trinajstić information content (AvgIpc) is 2.77. The van der Waals surface area contributed by atoms with Crippen LogP contribution in [0.1, 0.15) is 6.42 Å². The summed E-state index contributed by atoms with van der Waals surface area (Å²) < 4.78 is 10.3. The molecule has 1 aliphatic rings.